The summed E-state index contributed by atoms with van der Waals surface area (Å²) in [7, 11) is 0. The lowest BCUT2D eigenvalue weighted by Gasteiger charge is -2.30. The quantitative estimate of drug-likeness (QED) is 0.172. The van der Waals surface area contributed by atoms with Gasteiger partial charge in [-0.25, -0.2) is 0 Å². The van der Waals surface area contributed by atoms with Gasteiger partial charge >= 0.3 is 0 Å². The first-order chi connectivity index (χ1) is 35.4. The maximum atomic E-state index is 6.92. The van der Waals surface area contributed by atoms with E-state index in [1.807, 2.05) is 0 Å². The van der Waals surface area contributed by atoms with Gasteiger partial charge in [-0.3, -0.25) is 0 Å². The molecule has 0 saturated heterocycles. The third-order valence-electron chi connectivity index (χ3n) is 17.3. The number of para-hydroxylation sites is 2. The van der Waals surface area contributed by atoms with Crippen molar-refractivity contribution < 1.29 is 8.83 Å². The molecule has 0 spiro atoms. The minimum absolute atomic E-state index is 0.173. The molecule has 0 atom stereocenters. The van der Waals surface area contributed by atoms with E-state index >= 15 is 0 Å². The van der Waals surface area contributed by atoms with E-state index in [4.69, 9.17) is 8.83 Å². The van der Waals surface area contributed by atoms with Crippen molar-refractivity contribution in [3.05, 3.63) is 233 Å². The van der Waals surface area contributed by atoms with Crippen LogP contribution in [0.4, 0.5) is 17.1 Å². The lowest BCUT2D eigenvalue weighted by Crippen LogP contribution is -2.18. The molecule has 3 aliphatic carbocycles. The normalized spacial score (nSPS) is 15.1. The molecule has 10 aromatic carbocycles. The summed E-state index contributed by atoms with van der Waals surface area (Å²) < 4.78 is 13.4. The molecule has 0 unspecified atom stereocenters. The summed E-state index contributed by atoms with van der Waals surface area (Å²) >= 11 is 0. The summed E-state index contributed by atoms with van der Waals surface area (Å²) in [6.07, 6.45) is 0. The van der Waals surface area contributed by atoms with Crippen LogP contribution in [0.15, 0.2) is 203 Å². The molecular formula is C70H53NO2. The molecule has 12 aromatic rings. The Morgan fingerprint density at radius 3 is 1.62 bits per heavy atom. The monoisotopic (exact) mass is 939 g/mol. The van der Waals surface area contributed by atoms with Crippen molar-refractivity contribution in [3.8, 4) is 55.6 Å². The van der Waals surface area contributed by atoms with E-state index in [0.717, 1.165) is 55.9 Å². The van der Waals surface area contributed by atoms with Gasteiger partial charge < -0.3 is 13.7 Å². The Morgan fingerprint density at radius 1 is 0.329 bits per heavy atom. The van der Waals surface area contributed by atoms with Crippen molar-refractivity contribution in [1.82, 2.24) is 0 Å². The fourth-order valence-corrected chi connectivity index (χ4v) is 13.5. The van der Waals surface area contributed by atoms with Crippen LogP contribution in [0.3, 0.4) is 0 Å². The Kier molecular flexibility index (Phi) is 8.47. The minimum atomic E-state index is -0.319. The first-order valence-corrected chi connectivity index (χ1v) is 25.8. The van der Waals surface area contributed by atoms with Crippen molar-refractivity contribution in [2.24, 2.45) is 0 Å². The highest BCUT2D eigenvalue weighted by Gasteiger charge is 2.44. The number of anilines is 3. The Hall–Kier alpha value is -8.40. The Bertz CT molecular complexity index is 4350. The standard InChI is InChI=1S/C70H53NO2/c1-40-24-26-44(27-25-40)71(45-28-30-47-52-38-58-53(39-57(52)69(4,5)55(47)35-45)64-54(68(58,2)3)32-33-62-65(64)49-20-11-13-22-60(49)72-62)46-29-31-48-56(36-46)70(6,7)59-37-51(43-19-15-18-42(34-43)41-16-9-8-10-17-41)67-66(63(48)59)50-21-12-14-23-61(50)73-67/h8-39H,1-7H3. The lowest BCUT2D eigenvalue weighted by molar-refractivity contribution is 0.651. The molecular weight excluding hydrogens is 887 g/mol. The molecule has 3 heteroatoms. The zero-order valence-electron chi connectivity index (χ0n) is 42.2. The Balaban J connectivity index is 0.880. The average Bonchev–Trinajstić information content (AvgIpc) is 4.16. The Morgan fingerprint density at radius 2 is 0.863 bits per heavy atom. The van der Waals surface area contributed by atoms with E-state index in [1.165, 1.54) is 99.6 Å². The molecule has 0 N–H and O–H groups in total. The van der Waals surface area contributed by atoms with Gasteiger partial charge in [0.05, 0.1) is 0 Å². The highest BCUT2D eigenvalue weighted by atomic mass is 16.3. The molecule has 0 bridgehead atoms. The zero-order valence-corrected chi connectivity index (χ0v) is 42.2. The van der Waals surface area contributed by atoms with Gasteiger partial charge in [0.2, 0.25) is 0 Å². The number of hydrogen-bond acceptors (Lipinski definition) is 3. The minimum Gasteiger partial charge on any atom is -0.456 e. The van der Waals surface area contributed by atoms with Crippen LogP contribution in [0.2, 0.25) is 0 Å². The topological polar surface area (TPSA) is 29.5 Å². The van der Waals surface area contributed by atoms with Crippen molar-refractivity contribution in [1.29, 1.82) is 0 Å². The van der Waals surface area contributed by atoms with Crippen LogP contribution < -0.4 is 4.90 Å². The van der Waals surface area contributed by atoms with Crippen LogP contribution in [0.1, 0.15) is 80.5 Å². The molecule has 2 heterocycles. The molecule has 0 amide bonds. The molecule has 15 rings (SSSR count). The van der Waals surface area contributed by atoms with Gasteiger partial charge in [0, 0.05) is 60.4 Å². The predicted molar refractivity (Wildman–Crippen MR) is 304 cm³/mol. The highest BCUT2D eigenvalue weighted by Crippen LogP contribution is 2.60. The number of fused-ring (bicyclic) bond motifs is 17. The van der Waals surface area contributed by atoms with E-state index in [1.54, 1.807) is 0 Å². The van der Waals surface area contributed by atoms with Crippen LogP contribution in [0, 0.1) is 6.92 Å². The fraction of sp³-hybridized carbons (Fsp3) is 0.143. The van der Waals surface area contributed by atoms with Crippen LogP contribution in [-0.4, -0.2) is 0 Å². The number of rotatable bonds is 5. The SMILES string of the molecule is Cc1ccc(N(c2ccc3c(c2)C(C)(C)c2cc4c(cc2-3)C(C)(C)c2ccc3oc5ccccc5c3c2-4)c2ccc3c(c2)C(C)(C)c2cc(-c4cccc(-c5ccccc5)c4)c4oc5ccccc5c4c2-3)cc1. The van der Waals surface area contributed by atoms with Crippen LogP contribution in [-0.2, 0) is 16.2 Å². The third-order valence-corrected chi connectivity index (χ3v) is 17.3. The summed E-state index contributed by atoms with van der Waals surface area (Å²) in [5.74, 6) is 0. The van der Waals surface area contributed by atoms with E-state index in [2.05, 4.69) is 247 Å². The first kappa shape index (κ1) is 42.3. The fourth-order valence-electron chi connectivity index (χ4n) is 13.5. The zero-order chi connectivity index (χ0) is 49.3. The molecule has 0 radical (unpaired) electrons. The second-order valence-corrected chi connectivity index (χ2v) is 22.5. The second-order valence-electron chi connectivity index (χ2n) is 22.5. The van der Waals surface area contributed by atoms with Gasteiger partial charge in [-0.2, -0.15) is 0 Å². The van der Waals surface area contributed by atoms with Crippen LogP contribution in [0.25, 0.3) is 99.5 Å². The maximum absolute atomic E-state index is 6.92. The maximum Gasteiger partial charge on any atom is 0.143 e. The predicted octanol–water partition coefficient (Wildman–Crippen LogP) is 19.5. The molecule has 350 valence electrons. The summed E-state index contributed by atoms with van der Waals surface area (Å²) in [5, 5.41) is 4.73. The number of benzene rings is 10. The number of hydrogen-bond donors (Lipinski definition) is 0. The van der Waals surface area contributed by atoms with Crippen LogP contribution in [0.5, 0.6) is 0 Å². The van der Waals surface area contributed by atoms with Gasteiger partial charge in [0.15, 0.2) is 0 Å². The molecule has 3 aliphatic rings. The highest BCUT2D eigenvalue weighted by molar-refractivity contribution is 6.19. The third kappa shape index (κ3) is 5.77. The second kappa shape index (κ2) is 14.6. The smallest absolute Gasteiger partial charge is 0.143 e. The summed E-state index contributed by atoms with van der Waals surface area (Å²) in [6.45, 7) is 16.6. The van der Waals surface area contributed by atoms with Crippen molar-refractivity contribution in [2.45, 2.75) is 64.7 Å². The Labute approximate surface area is 426 Å². The van der Waals surface area contributed by atoms with Crippen molar-refractivity contribution in [3.63, 3.8) is 0 Å². The van der Waals surface area contributed by atoms with Crippen molar-refractivity contribution in [2.75, 3.05) is 4.90 Å². The van der Waals surface area contributed by atoms with E-state index < -0.39 is 0 Å². The van der Waals surface area contributed by atoms with E-state index in [-0.39, 0.29) is 16.2 Å². The summed E-state index contributed by atoms with van der Waals surface area (Å²) in [4.78, 5) is 2.47. The molecule has 73 heavy (non-hydrogen) atoms. The van der Waals surface area contributed by atoms with Gasteiger partial charge in [0.1, 0.15) is 22.3 Å². The van der Waals surface area contributed by atoms with E-state index in [9.17, 15) is 0 Å². The number of nitrogens with zero attached hydrogens (tertiary/aromatic N) is 1. The van der Waals surface area contributed by atoms with Gasteiger partial charge in [-0.15, -0.1) is 0 Å². The summed E-state index contributed by atoms with van der Waals surface area (Å²) in [5.41, 5.74) is 28.2. The molecule has 0 fully saturated rings. The molecule has 3 nitrogen and oxygen atoms in total. The van der Waals surface area contributed by atoms with Crippen molar-refractivity contribution >= 4 is 60.9 Å². The van der Waals surface area contributed by atoms with Gasteiger partial charge in [-0.05, 0) is 169 Å². The van der Waals surface area contributed by atoms with Crippen LogP contribution >= 0.6 is 0 Å². The number of furan rings is 2. The summed E-state index contributed by atoms with van der Waals surface area (Å²) in [6, 6.07) is 72.0. The molecule has 0 saturated carbocycles. The number of aryl methyl sites for hydroxylation is 1. The van der Waals surface area contributed by atoms with Gasteiger partial charge in [-0.1, -0.05) is 162 Å². The lowest BCUT2D eigenvalue weighted by atomic mass is 9.79. The van der Waals surface area contributed by atoms with Gasteiger partial charge in [0.25, 0.3) is 0 Å². The largest absolute Gasteiger partial charge is 0.456 e. The molecule has 0 aliphatic heterocycles. The first-order valence-electron chi connectivity index (χ1n) is 25.8. The van der Waals surface area contributed by atoms with E-state index in [0.29, 0.717) is 0 Å². The molecule has 2 aromatic heterocycles. The average molecular weight is 940 g/mol.